The van der Waals surface area contributed by atoms with E-state index in [1.165, 1.54) is 0 Å². The summed E-state index contributed by atoms with van der Waals surface area (Å²) < 4.78 is 2.14. The summed E-state index contributed by atoms with van der Waals surface area (Å²) in [6.07, 6.45) is 4.99. The van der Waals surface area contributed by atoms with E-state index in [4.69, 9.17) is 5.73 Å². The smallest absolute Gasteiger partial charge is 0.0954 e. The first kappa shape index (κ1) is 11.2. The molecular weight excluding hydrogens is 174 g/mol. The van der Waals surface area contributed by atoms with E-state index in [9.17, 15) is 0 Å². The van der Waals surface area contributed by atoms with Crippen LogP contribution in [0, 0.1) is 5.92 Å². The minimum absolute atomic E-state index is 0.122. The molecule has 3 nitrogen and oxygen atoms in total. The molecule has 0 aromatic carbocycles. The third-order valence-corrected chi connectivity index (χ3v) is 2.37. The molecule has 14 heavy (non-hydrogen) atoms. The second-order valence-corrected chi connectivity index (χ2v) is 4.99. The Balaban J connectivity index is 2.69. The van der Waals surface area contributed by atoms with Crippen molar-refractivity contribution in [1.29, 1.82) is 0 Å². The molecule has 3 heteroatoms. The minimum Gasteiger partial charge on any atom is -0.332 e. The highest BCUT2D eigenvalue weighted by Gasteiger charge is 2.13. The third kappa shape index (κ3) is 2.84. The highest BCUT2D eigenvalue weighted by atomic mass is 15.1. The van der Waals surface area contributed by atoms with Gasteiger partial charge in [0, 0.05) is 11.7 Å². The van der Waals surface area contributed by atoms with Crippen molar-refractivity contribution in [2.24, 2.45) is 11.7 Å². The van der Waals surface area contributed by atoms with E-state index in [1.54, 1.807) is 0 Å². The van der Waals surface area contributed by atoms with Gasteiger partial charge in [0.25, 0.3) is 0 Å². The van der Waals surface area contributed by atoms with Crippen LogP contribution in [0.2, 0.25) is 0 Å². The minimum atomic E-state index is 0.122. The Kier molecular flexibility index (Phi) is 3.32. The lowest BCUT2D eigenvalue weighted by molar-refractivity contribution is 0.396. The van der Waals surface area contributed by atoms with Crippen LogP contribution in [-0.4, -0.2) is 16.1 Å². The monoisotopic (exact) mass is 195 g/mol. The quantitative estimate of drug-likeness (QED) is 0.799. The topological polar surface area (TPSA) is 43.8 Å². The summed E-state index contributed by atoms with van der Waals surface area (Å²) in [7, 11) is 0. The fraction of sp³-hybridized carbons (Fsp3) is 0.727. The number of hydrogen-bond donors (Lipinski definition) is 1. The summed E-state index contributed by atoms with van der Waals surface area (Å²) in [5.74, 6) is 0.512. The van der Waals surface area contributed by atoms with Crippen molar-refractivity contribution in [3.05, 3.63) is 18.2 Å². The Labute approximate surface area is 86.3 Å². The van der Waals surface area contributed by atoms with E-state index in [-0.39, 0.29) is 5.54 Å². The highest BCUT2D eigenvalue weighted by molar-refractivity contribution is 5.00. The molecule has 0 saturated carbocycles. The lowest BCUT2D eigenvalue weighted by Crippen LogP contribution is -2.19. The predicted molar refractivity (Wildman–Crippen MR) is 59.1 cm³/mol. The molecule has 1 rings (SSSR count). The van der Waals surface area contributed by atoms with Crippen molar-refractivity contribution in [3.8, 4) is 0 Å². The van der Waals surface area contributed by atoms with Crippen LogP contribution in [0.25, 0.3) is 0 Å². The largest absolute Gasteiger partial charge is 0.332 e. The molecule has 0 spiro atoms. The highest BCUT2D eigenvalue weighted by Crippen LogP contribution is 2.15. The molecular formula is C11H21N3. The molecule has 0 aliphatic heterocycles. The van der Waals surface area contributed by atoms with Gasteiger partial charge in [0.2, 0.25) is 0 Å². The Bertz CT molecular complexity index is 283. The van der Waals surface area contributed by atoms with Crippen molar-refractivity contribution in [3.63, 3.8) is 0 Å². The summed E-state index contributed by atoms with van der Waals surface area (Å²) in [5.41, 5.74) is 6.84. The van der Waals surface area contributed by atoms with Gasteiger partial charge in [-0.3, -0.25) is 0 Å². The zero-order chi connectivity index (χ0) is 10.8. The summed E-state index contributed by atoms with van der Waals surface area (Å²) in [6.45, 7) is 9.39. The molecule has 1 aromatic rings. The Morgan fingerprint density at radius 3 is 2.57 bits per heavy atom. The zero-order valence-electron chi connectivity index (χ0n) is 9.62. The van der Waals surface area contributed by atoms with Crippen molar-refractivity contribution in [1.82, 2.24) is 9.55 Å². The number of aromatic nitrogens is 2. The molecule has 0 amide bonds. The van der Waals surface area contributed by atoms with Gasteiger partial charge in [0.1, 0.15) is 0 Å². The van der Waals surface area contributed by atoms with Crippen LogP contribution in [0.1, 0.15) is 33.4 Å². The molecule has 0 radical (unpaired) electrons. The van der Waals surface area contributed by atoms with Gasteiger partial charge in [0.05, 0.1) is 12.0 Å². The molecule has 1 aromatic heterocycles. The molecule has 1 atom stereocenters. The maximum atomic E-state index is 5.58. The summed E-state index contributed by atoms with van der Waals surface area (Å²) in [5, 5.41) is 0. The Morgan fingerprint density at radius 1 is 1.50 bits per heavy atom. The van der Waals surface area contributed by atoms with Crippen molar-refractivity contribution in [2.45, 2.75) is 39.7 Å². The van der Waals surface area contributed by atoms with Crippen molar-refractivity contribution in [2.75, 3.05) is 6.54 Å². The molecule has 2 N–H and O–H groups in total. The van der Waals surface area contributed by atoms with E-state index in [2.05, 4.69) is 43.4 Å². The molecule has 0 aliphatic rings. The number of rotatable bonds is 3. The molecule has 0 aliphatic carbocycles. The number of nitrogens with zero attached hydrogens (tertiary/aromatic N) is 2. The average Bonchev–Trinajstić information content (AvgIpc) is 2.51. The van der Waals surface area contributed by atoms with Crippen LogP contribution < -0.4 is 5.73 Å². The average molecular weight is 195 g/mol. The van der Waals surface area contributed by atoms with Gasteiger partial charge in [-0.05, 0) is 39.7 Å². The molecule has 0 fully saturated rings. The number of hydrogen-bond acceptors (Lipinski definition) is 2. The maximum Gasteiger partial charge on any atom is 0.0954 e. The number of imidazole rings is 1. The second-order valence-electron chi connectivity index (χ2n) is 4.99. The summed E-state index contributed by atoms with van der Waals surface area (Å²) >= 11 is 0. The van der Waals surface area contributed by atoms with Crippen LogP contribution in [0.5, 0.6) is 0 Å². The first-order valence-corrected chi connectivity index (χ1v) is 5.17. The van der Waals surface area contributed by atoms with Gasteiger partial charge in [-0.1, -0.05) is 6.92 Å². The van der Waals surface area contributed by atoms with Crippen molar-refractivity contribution < 1.29 is 0 Å². The lowest BCUT2D eigenvalue weighted by Gasteiger charge is -2.19. The summed E-state index contributed by atoms with van der Waals surface area (Å²) in [6, 6.07) is 0. The molecule has 80 valence electrons. The van der Waals surface area contributed by atoms with Crippen molar-refractivity contribution >= 4 is 0 Å². The normalized spacial score (nSPS) is 14.4. The fourth-order valence-corrected chi connectivity index (χ4v) is 1.28. The van der Waals surface area contributed by atoms with E-state index in [0.717, 1.165) is 18.7 Å². The van der Waals surface area contributed by atoms with Crippen LogP contribution in [0.3, 0.4) is 0 Å². The van der Waals surface area contributed by atoms with Gasteiger partial charge >= 0.3 is 0 Å². The number of nitrogens with two attached hydrogens (primary N) is 1. The first-order chi connectivity index (χ1) is 6.43. The molecule has 1 heterocycles. The van der Waals surface area contributed by atoms with Crippen LogP contribution in [-0.2, 0) is 12.0 Å². The van der Waals surface area contributed by atoms with Gasteiger partial charge in [-0.2, -0.15) is 0 Å². The fourth-order valence-electron chi connectivity index (χ4n) is 1.28. The lowest BCUT2D eigenvalue weighted by atomic mass is 10.1. The van der Waals surface area contributed by atoms with Crippen LogP contribution >= 0.6 is 0 Å². The van der Waals surface area contributed by atoms with E-state index in [0.29, 0.717) is 5.92 Å². The molecule has 1 unspecified atom stereocenters. The summed E-state index contributed by atoms with van der Waals surface area (Å²) in [4.78, 5) is 4.38. The van der Waals surface area contributed by atoms with E-state index < -0.39 is 0 Å². The van der Waals surface area contributed by atoms with Gasteiger partial charge in [-0.25, -0.2) is 4.98 Å². The Morgan fingerprint density at radius 2 is 2.14 bits per heavy atom. The standard InChI is InChI=1S/C11H21N3/c1-9(6-12)5-10-7-14(8-13-10)11(2,3)4/h7-9H,5-6,12H2,1-4H3. The van der Waals surface area contributed by atoms with Gasteiger partial charge in [0.15, 0.2) is 0 Å². The van der Waals surface area contributed by atoms with Gasteiger partial charge < -0.3 is 10.3 Å². The predicted octanol–water partition coefficient (Wildman–Crippen LogP) is 1.78. The third-order valence-electron chi connectivity index (χ3n) is 2.37. The van der Waals surface area contributed by atoms with Gasteiger partial charge in [-0.15, -0.1) is 0 Å². The van der Waals surface area contributed by atoms with Crippen LogP contribution in [0.4, 0.5) is 0 Å². The molecule has 0 saturated heterocycles. The Hall–Kier alpha value is -0.830. The molecule has 0 bridgehead atoms. The first-order valence-electron chi connectivity index (χ1n) is 5.17. The SMILES string of the molecule is CC(CN)Cc1cn(C(C)(C)C)cn1. The van der Waals surface area contributed by atoms with E-state index in [1.807, 2.05) is 6.33 Å². The van der Waals surface area contributed by atoms with Crippen LogP contribution in [0.15, 0.2) is 12.5 Å². The maximum absolute atomic E-state index is 5.58. The van der Waals surface area contributed by atoms with E-state index >= 15 is 0 Å². The zero-order valence-corrected chi connectivity index (χ0v) is 9.62. The second kappa shape index (κ2) is 4.13.